The number of hydrogen-bond acceptors (Lipinski definition) is 6. The first kappa shape index (κ1) is 20.1. The molecule has 2 unspecified atom stereocenters. The van der Waals surface area contributed by atoms with Gasteiger partial charge in [-0.05, 0) is 18.8 Å². The largest absolute Gasteiger partial charge is 0.417 e. The van der Waals surface area contributed by atoms with E-state index in [1.54, 1.807) is 11.0 Å². The van der Waals surface area contributed by atoms with E-state index in [9.17, 15) is 18.3 Å². The maximum absolute atomic E-state index is 13.0. The Kier molecular flexibility index (Phi) is 5.81. The van der Waals surface area contributed by atoms with E-state index in [1.165, 1.54) is 6.33 Å². The topological polar surface area (TPSA) is 70.5 Å². The molecule has 2 atom stereocenters. The lowest BCUT2D eigenvalue weighted by atomic mass is 9.91. The summed E-state index contributed by atoms with van der Waals surface area (Å²) in [6.45, 7) is 5.17. The first-order chi connectivity index (χ1) is 12.7. The van der Waals surface area contributed by atoms with Gasteiger partial charge in [0.2, 0.25) is 0 Å². The fraction of sp³-hybridized carbons (Fsp3) is 0.778. The molecule has 2 fully saturated rings. The third-order valence-corrected chi connectivity index (χ3v) is 5.45. The SMILES string of the molecule is CC(C)C1OCCCC1Nc1cc(N2CCC(O)(C(F)(F)F)CC2)ncn1. The molecule has 0 saturated carbocycles. The zero-order valence-electron chi connectivity index (χ0n) is 15.7. The van der Waals surface area contributed by atoms with Crippen LogP contribution in [-0.4, -0.2) is 58.7 Å². The summed E-state index contributed by atoms with van der Waals surface area (Å²) < 4.78 is 44.8. The molecular weight excluding hydrogens is 361 g/mol. The van der Waals surface area contributed by atoms with Crippen LogP contribution in [0.4, 0.5) is 24.8 Å². The monoisotopic (exact) mass is 388 g/mol. The first-order valence-corrected chi connectivity index (χ1v) is 9.44. The fourth-order valence-corrected chi connectivity index (χ4v) is 3.79. The predicted octanol–water partition coefficient (Wildman–Crippen LogP) is 2.99. The third-order valence-electron chi connectivity index (χ3n) is 5.45. The van der Waals surface area contributed by atoms with Crippen molar-refractivity contribution >= 4 is 11.6 Å². The van der Waals surface area contributed by atoms with E-state index < -0.39 is 11.8 Å². The normalized spacial score (nSPS) is 26.3. The highest BCUT2D eigenvalue weighted by molar-refractivity contribution is 5.49. The summed E-state index contributed by atoms with van der Waals surface area (Å²) in [6, 6.07) is 1.89. The highest BCUT2D eigenvalue weighted by atomic mass is 19.4. The Labute approximate surface area is 157 Å². The zero-order chi connectivity index (χ0) is 19.7. The molecule has 27 heavy (non-hydrogen) atoms. The predicted molar refractivity (Wildman–Crippen MR) is 95.7 cm³/mol. The number of nitrogens with zero attached hydrogens (tertiary/aromatic N) is 3. The van der Waals surface area contributed by atoms with Gasteiger partial charge in [-0.25, -0.2) is 9.97 Å². The Hall–Kier alpha value is -1.61. The highest BCUT2D eigenvalue weighted by Crippen LogP contribution is 2.39. The lowest BCUT2D eigenvalue weighted by Crippen LogP contribution is -2.53. The van der Waals surface area contributed by atoms with Gasteiger partial charge in [-0.1, -0.05) is 13.8 Å². The summed E-state index contributed by atoms with van der Waals surface area (Å²) in [5.74, 6) is 1.57. The summed E-state index contributed by atoms with van der Waals surface area (Å²) in [5.41, 5.74) is -2.61. The number of rotatable bonds is 4. The van der Waals surface area contributed by atoms with Gasteiger partial charge in [-0.2, -0.15) is 13.2 Å². The van der Waals surface area contributed by atoms with Crippen LogP contribution < -0.4 is 10.2 Å². The van der Waals surface area contributed by atoms with Crippen LogP contribution in [0.5, 0.6) is 0 Å². The van der Waals surface area contributed by atoms with Gasteiger partial charge < -0.3 is 20.1 Å². The van der Waals surface area contributed by atoms with Crippen molar-refractivity contribution in [3.63, 3.8) is 0 Å². The van der Waals surface area contributed by atoms with Crippen LogP contribution in [0.2, 0.25) is 0 Å². The van der Waals surface area contributed by atoms with Crippen molar-refractivity contribution < 1.29 is 23.0 Å². The lowest BCUT2D eigenvalue weighted by Gasteiger charge is -2.39. The second-order valence-corrected chi connectivity index (χ2v) is 7.75. The molecule has 0 aromatic carbocycles. The fourth-order valence-electron chi connectivity index (χ4n) is 3.79. The van der Waals surface area contributed by atoms with E-state index in [0.29, 0.717) is 17.6 Å². The van der Waals surface area contributed by atoms with Gasteiger partial charge in [0.15, 0.2) is 5.60 Å². The summed E-state index contributed by atoms with van der Waals surface area (Å²) in [4.78, 5) is 10.2. The maximum Gasteiger partial charge on any atom is 0.417 e. The van der Waals surface area contributed by atoms with Crippen molar-refractivity contribution in [2.45, 2.75) is 63.5 Å². The Morgan fingerprint density at radius 3 is 2.63 bits per heavy atom. The van der Waals surface area contributed by atoms with Crippen LogP contribution in [0.3, 0.4) is 0 Å². The number of alkyl halides is 3. The van der Waals surface area contributed by atoms with Gasteiger partial charge in [0.1, 0.15) is 18.0 Å². The van der Waals surface area contributed by atoms with Gasteiger partial charge >= 0.3 is 6.18 Å². The minimum atomic E-state index is -4.61. The minimum Gasteiger partial charge on any atom is -0.380 e. The Balaban J connectivity index is 1.66. The second-order valence-electron chi connectivity index (χ2n) is 7.75. The van der Waals surface area contributed by atoms with Crippen LogP contribution in [0.25, 0.3) is 0 Å². The number of nitrogens with one attached hydrogen (secondary N) is 1. The van der Waals surface area contributed by atoms with Crippen LogP contribution in [0.1, 0.15) is 39.5 Å². The molecule has 2 aliphatic rings. The van der Waals surface area contributed by atoms with Crippen molar-refractivity contribution in [3.8, 4) is 0 Å². The van der Waals surface area contributed by atoms with Gasteiger partial charge in [0, 0.05) is 38.6 Å². The number of piperidine rings is 1. The van der Waals surface area contributed by atoms with Crippen molar-refractivity contribution in [1.82, 2.24) is 9.97 Å². The maximum atomic E-state index is 13.0. The van der Waals surface area contributed by atoms with Gasteiger partial charge in [0.25, 0.3) is 0 Å². The summed E-state index contributed by atoms with van der Waals surface area (Å²) in [7, 11) is 0. The van der Waals surface area contributed by atoms with Gasteiger partial charge in [0.05, 0.1) is 12.1 Å². The second kappa shape index (κ2) is 7.79. The Morgan fingerprint density at radius 1 is 1.30 bits per heavy atom. The van der Waals surface area contributed by atoms with Gasteiger partial charge in [-0.3, -0.25) is 0 Å². The number of halogens is 3. The summed E-state index contributed by atoms with van der Waals surface area (Å²) >= 11 is 0. The van der Waals surface area contributed by atoms with Gasteiger partial charge in [-0.15, -0.1) is 0 Å². The average Bonchev–Trinajstić information content (AvgIpc) is 2.62. The molecule has 2 saturated heterocycles. The number of hydrogen-bond donors (Lipinski definition) is 2. The number of ether oxygens (including phenoxy) is 1. The third kappa shape index (κ3) is 4.45. The standard InChI is InChI=1S/C18H27F3N4O2/c1-12(2)16-13(4-3-9-27-16)24-14-10-15(23-11-22-14)25-7-5-17(26,6-8-25)18(19,20)21/h10-13,16,26H,3-9H2,1-2H3,(H,22,23,24). The number of aliphatic hydroxyl groups is 1. The lowest BCUT2D eigenvalue weighted by molar-refractivity contribution is -0.266. The number of anilines is 2. The van der Waals surface area contributed by atoms with E-state index >= 15 is 0 Å². The molecule has 0 radical (unpaired) electrons. The van der Waals surface area contributed by atoms with Crippen molar-refractivity contribution in [2.24, 2.45) is 5.92 Å². The van der Waals surface area contributed by atoms with E-state index in [-0.39, 0.29) is 38.1 Å². The van der Waals surface area contributed by atoms with E-state index in [0.717, 1.165) is 19.4 Å². The van der Waals surface area contributed by atoms with E-state index in [2.05, 4.69) is 29.1 Å². The molecule has 0 aliphatic carbocycles. The average molecular weight is 388 g/mol. The summed E-state index contributed by atoms with van der Waals surface area (Å²) in [6.07, 6.45) is -1.88. The smallest absolute Gasteiger partial charge is 0.380 e. The van der Waals surface area contributed by atoms with E-state index in [1.807, 2.05) is 0 Å². The van der Waals surface area contributed by atoms with E-state index in [4.69, 9.17) is 4.74 Å². The molecule has 6 nitrogen and oxygen atoms in total. The molecular formula is C18H27F3N4O2. The molecule has 3 rings (SSSR count). The molecule has 0 spiro atoms. The molecule has 0 bridgehead atoms. The van der Waals surface area contributed by atoms with Crippen LogP contribution in [0, 0.1) is 5.92 Å². The molecule has 1 aromatic heterocycles. The molecule has 0 amide bonds. The summed E-state index contributed by atoms with van der Waals surface area (Å²) in [5, 5.41) is 13.2. The Bertz CT molecular complexity index is 633. The molecule has 9 heteroatoms. The molecule has 2 N–H and O–H groups in total. The first-order valence-electron chi connectivity index (χ1n) is 9.44. The number of aromatic nitrogens is 2. The molecule has 152 valence electrons. The molecule has 3 heterocycles. The quantitative estimate of drug-likeness (QED) is 0.826. The van der Waals surface area contributed by atoms with Crippen molar-refractivity contribution in [2.75, 3.05) is 29.9 Å². The molecule has 2 aliphatic heterocycles. The zero-order valence-corrected chi connectivity index (χ0v) is 15.7. The Morgan fingerprint density at radius 2 is 2.00 bits per heavy atom. The van der Waals surface area contributed by atoms with Crippen LogP contribution >= 0.6 is 0 Å². The van der Waals surface area contributed by atoms with Crippen LogP contribution in [-0.2, 0) is 4.74 Å². The highest BCUT2D eigenvalue weighted by Gasteiger charge is 2.54. The van der Waals surface area contributed by atoms with Crippen LogP contribution in [0.15, 0.2) is 12.4 Å². The minimum absolute atomic E-state index is 0.0909. The van der Waals surface area contributed by atoms with Crippen molar-refractivity contribution in [3.05, 3.63) is 12.4 Å². The van der Waals surface area contributed by atoms with Crippen molar-refractivity contribution in [1.29, 1.82) is 0 Å². The molecule has 1 aromatic rings.